The molecule has 0 atom stereocenters. The number of piperazine rings is 1. The Hall–Kier alpha value is -2.35. The van der Waals surface area contributed by atoms with Gasteiger partial charge in [-0.25, -0.2) is 9.97 Å². The summed E-state index contributed by atoms with van der Waals surface area (Å²) in [4.78, 5) is 25.6. The topological polar surface area (TPSA) is 58.6 Å². The minimum atomic E-state index is 0.0918. The van der Waals surface area contributed by atoms with E-state index in [9.17, 15) is 4.79 Å². The van der Waals surface area contributed by atoms with Crippen LogP contribution in [0.5, 0.6) is 5.75 Å². The highest BCUT2D eigenvalue weighted by atomic mass is 35.5. The van der Waals surface area contributed by atoms with Crippen molar-refractivity contribution in [2.45, 2.75) is 13.0 Å². The van der Waals surface area contributed by atoms with Gasteiger partial charge in [-0.3, -0.25) is 4.79 Å². The Morgan fingerprint density at radius 3 is 2.47 bits per heavy atom. The molecule has 3 aromatic rings. The molecule has 2 aromatic heterocycles. The lowest BCUT2D eigenvalue weighted by molar-refractivity contribution is -0.130. The van der Waals surface area contributed by atoms with Crippen LogP contribution in [-0.4, -0.2) is 47.0 Å². The largest absolute Gasteiger partial charge is 0.486 e. The van der Waals surface area contributed by atoms with Crippen LogP contribution in [0.3, 0.4) is 0 Å². The molecule has 4 rings (SSSR count). The number of carbonyl (C=O) groups excluding carboxylic acids is 1. The highest BCUT2D eigenvalue weighted by molar-refractivity contribution is 7.09. The lowest BCUT2D eigenvalue weighted by Crippen LogP contribution is -2.49. The Labute approximate surface area is 189 Å². The van der Waals surface area contributed by atoms with Crippen LogP contribution >= 0.6 is 34.5 Å². The molecule has 0 radical (unpaired) electrons. The van der Waals surface area contributed by atoms with Gasteiger partial charge in [0.05, 0.1) is 17.1 Å². The zero-order valence-electron chi connectivity index (χ0n) is 16.1. The number of carbonyl (C=O) groups is 1. The van der Waals surface area contributed by atoms with Crippen molar-refractivity contribution in [3.05, 3.63) is 68.7 Å². The van der Waals surface area contributed by atoms with Crippen molar-refractivity contribution in [2.24, 2.45) is 0 Å². The second-order valence-corrected chi connectivity index (χ2v) is 8.67. The highest BCUT2D eigenvalue weighted by Crippen LogP contribution is 2.19. The van der Waals surface area contributed by atoms with Gasteiger partial charge in [0.25, 0.3) is 0 Å². The Morgan fingerprint density at radius 2 is 1.77 bits per heavy atom. The fraction of sp³-hybridized carbons (Fsp3) is 0.286. The number of aromatic nitrogens is 2. The van der Waals surface area contributed by atoms with Crippen molar-refractivity contribution in [1.82, 2.24) is 14.9 Å². The Kier molecular flexibility index (Phi) is 6.72. The average molecular weight is 463 g/mol. The van der Waals surface area contributed by atoms with E-state index < -0.39 is 0 Å². The van der Waals surface area contributed by atoms with Gasteiger partial charge in [0.2, 0.25) is 5.91 Å². The van der Waals surface area contributed by atoms with Crippen molar-refractivity contribution in [3.8, 4) is 5.75 Å². The highest BCUT2D eigenvalue weighted by Gasteiger charge is 2.22. The molecule has 1 aliphatic heterocycles. The van der Waals surface area contributed by atoms with E-state index >= 15 is 0 Å². The van der Waals surface area contributed by atoms with Crippen LogP contribution in [0.2, 0.25) is 10.0 Å². The van der Waals surface area contributed by atoms with E-state index in [0.29, 0.717) is 36.2 Å². The van der Waals surface area contributed by atoms with Gasteiger partial charge in [0.1, 0.15) is 23.2 Å². The van der Waals surface area contributed by atoms with E-state index in [1.807, 2.05) is 34.5 Å². The number of hydrogen-bond donors (Lipinski definition) is 0. The zero-order chi connectivity index (χ0) is 20.9. The van der Waals surface area contributed by atoms with Gasteiger partial charge in [-0.1, -0.05) is 23.2 Å². The van der Waals surface area contributed by atoms with Crippen LogP contribution in [0.15, 0.2) is 48.0 Å². The number of amides is 1. The molecule has 0 spiro atoms. The molecule has 6 nitrogen and oxygen atoms in total. The third-order valence-electron chi connectivity index (χ3n) is 4.78. The summed E-state index contributed by atoms with van der Waals surface area (Å²) in [6.07, 6.45) is 1.95. The van der Waals surface area contributed by atoms with E-state index in [2.05, 4.69) is 14.9 Å². The van der Waals surface area contributed by atoms with Gasteiger partial charge in [-0.05, 0) is 36.4 Å². The molecule has 1 aliphatic rings. The molecule has 0 unspecified atom stereocenters. The van der Waals surface area contributed by atoms with Crippen LogP contribution in [0.4, 0.5) is 5.82 Å². The summed E-state index contributed by atoms with van der Waals surface area (Å²) >= 11 is 13.3. The summed E-state index contributed by atoms with van der Waals surface area (Å²) < 4.78 is 5.72. The Morgan fingerprint density at radius 1 is 1.03 bits per heavy atom. The molecule has 1 saturated heterocycles. The van der Waals surface area contributed by atoms with Gasteiger partial charge < -0.3 is 14.5 Å². The van der Waals surface area contributed by atoms with Gasteiger partial charge in [0.15, 0.2) is 0 Å². The molecule has 0 N–H and O–H groups in total. The molecule has 1 fully saturated rings. The number of thiazole rings is 1. The van der Waals surface area contributed by atoms with E-state index in [-0.39, 0.29) is 5.91 Å². The number of hydrogen-bond acceptors (Lipinski definition) is 6. The van der Waals surface area contributed by atoms with E-state index in [1.165, 1.54) is 11.3 Å². The van der Waals surface area contributed by atoms with Crippen molar-refractivity contribution in [2.75, 3.05) is 31.1 Å². The number of ether oxygens (including phenoxy) is 1. The lowest BCUT2D eigenvalue weighted by Gasteiger charge is -2.35. The fourth-order valence-corrected chi connectivity index (χ4v) is 4.12. The summed E-state index contributed by atoms with van der Waals surface area (Å²) in [6.45, 7) is 3.20. The minimum absolute atomic E-state index is 0.0918. The Balaban J connectivity index is 1.25. The van der Waals surface area contributed by atoms with Gasteiger partial charge in [-0.2, -0.15) is 0 Å². The van der Waals surface area contributed by atoms with E-state index in [1.54, 1.807) is 18.3 Å². The summed E-state index contributed by atoms with van der Waals surface area (Å²) in [5.41, 5.74) is 0.779. The molecule has 1 amide bonds. The molecular weight excluding hydrogens is 443 g/mol. The van der Waals surface area contributed by atoms with Gasteiger partial charge in [0, 0.05) is 42.8 Å². The van der Waals surface area contributed by atoms with Gasteiger partial charge >= 0.3 is 0 Å². The molecule has 0 bridgehead atoms. The molecule has 30 heavy (non-hydrogen) atoms. The van der Waals surface area contributed by atoms with Crippen molar-refractivity contribution in [1.29, 1.82) is 0 Å². The number of nitrogens with zero attached hydrogens (tertiary/aromatic N) is 4. The molecule has 3 heterocycles. The van der Waals surface area contributed by atoms with Crippen LogP contribution in [0.1, 0.15) is 10.7 Å². The molecular formula is C21H20Cl2N4O2S. The van der Waals surface area contributed by atoms with Crippen molar-refractivity contribution in [3.63, 3.8) is 0 Å². The van der Waals surface area contributed by atoms with Gasteiger partial charge in [-0.15, -0.1) is 11.3 Å². The lowest BCUT2D eigenvalue weighted by atomic mass is 10.2. The number of rotatable bonds is 6. The van der Waals surface area contributed by atoms with Crippen LogP contribution in [-0.2, 0) is 17.8 Å². The third kappa shape index (κ3) is 5.41. The maximum Gasteiger partial charge on any atom is 0.228 e. The second kappa shape index (κ2) is 9.64. The van der Waals surface area contributed by atoms with Crippen LogP contribution in [0, 0.1) is 0 Å². The summed E-state index contributed by atoms with van der Waals surface area (Å²) in [7, 11) is 0. The standard InChI is InChI=1S/C21H20Cl2N4O2S/c22-15-1-4-18(5-2-15)29-13-20-25-17(14-30-20)11-21(28)27-9-7-26(8-10-27)19-6-3-16(23)12-24-19/h1-6,12,14H,7-11,13H2. The third-order valence-corrected chi connectivity index (χ3v) is 6.12. The molecule has 1 aromatic carbocycles. The first-order valence-corrected chi connectivity index (χ1v) is 11.2. The smallest absolute Gasteiger partial charge is 0.228 e. The number of benzene rings is 1. The SMILES string of the molecule is O=C(Cc1csc(COc2ccc(Cl)cc2)n1)N1CCN(c2ccc(Cl)cn2)CC1. The first-order chi connectivity index (χ1) is 14.6. The van der Waals surface area contributed by atoms with Crippen LogP contribution in [0.25, 0.3) is 0 Å². The fourth-order valence-electron chi connectivity index (χ4n) is 3.18. The first kappa shape index (κ1) is 20.9. The van der Waals surface area contributed by atoms with Crippen molar-refractivity contribution >= 4 is 46.3 Å². The first-order valence-electron chi connectivity index (χ1n) is 9.53. The number of halogens is 2. The Bertz CT molecular complexity index is 987. The molecule has 156 valence electrons. The predicted octanol–water partition coefficient (Wildman–Crippen LogP) is 4.32. The van der Waals surface area contributed by atoms with Crippen molar-refractivity contribution < 1.29 is 9.53 Å². The minimum Gasteiger partial charge on any atom is -0.486 e. The number of pyridine rings is 1. The maximum atomic E-state index is 12.7. The molecule has 9 heteroatoms. The normalized spacial score (nSPS) is 14.1. The monoisotopic (exact) mass is 462 g/mol. The number of anilines is 1. The second-order valence-electron chi connectivity index (χ2n) is 6.85. The average Bonchev–Trinajstić information content (AvgIpc) is 3.21. The zero-order valence-corrected chi connectivity index (χ0v) is 18.5. The summed E-state index contributed by atoms with van der Waals surface area (Å²) in [5, 5.41) is 4.05. The predicted molar refractivity (Wildman–Crippen MR) is 120 cm³/mol. The van der Waals surface area contributed by atoms with E-state index in [4.69, 9.17) is 27.9 Å². The van der Waals surface area contributed by atoms with Crippen LogP contribution < -0.4 is 9.64 Å². The molecule has 0 aliphatic carbocycles. The van der Waals surface area contributed by atoms with E-state index in [0.717, 1.165) is 35.4 Å². The summed E-state index contributed by atoms with van der Waals surface area (Å²) in [5.74, 6) is 1.71. The summed E-state index contributed by atoms with van der Waals surface area (Å²) in [6, 6.07) is 10.9. The quantitative estimate of drug-likeness (QED) is 0.545. The maximum absolute atomic E-state index is 12.7. The molecule has 0 saturated carbocycles.